The van der Waals surface area contributed by atoms with E-state index in [1.807, 2.05) is 35.0 Å². The Morgan fingerprint density at radius 1 is 1.21 bits per heavy atom. The molecule has 0 aliphatic heterocycles. The Bertz CT molecular complexity index is 712. The van der Waals surface area contributed by atoms with Crippen molar-refractivity contribution in [3.05, 3.63) is 57.0 Å². The lowest BCUT2D eigenvalue weighted by Gasteiger charge is -2.15. The van der Waals surface area contributed by atoms with E-state index in [0.29, 0.717) is 0 Å². The largest absolute Gasteiger partial charge is 0.271 e. The third-order valence-electron chi connectivity index (χ3n) is 2.88. The number of hydrazine groups is 1. The Morgan fingerprint density at radius 3 is 2.68 bits per heavy atom. The molecule has 0 bridgehead atoms. The number of thiophene rings is 1. The van der Waals surface area contributed by atoms with Gasteiger partial charge in [-0.2, -0.15) is 11.3 Å². The number of hydrogen-bond acceptors (Lipinski definition) is 5. The van der Waals surface area contributed by atoms with Gasteiger partial charge in [-0.25, -0.2) is 10.4 Å². The predicted molar refractivity (Wildman–Crippen MR) is 80.7 cm³/mol. The highest BCUT2D eigenvalue weighted by Gasteiger charge is 2.18. The molecule has 3 N–H and O–H groups in total. The number of para-hydroxylation sites is 2. The molecule has 2 heterocycles. The van der Waals surface area contributed by atoms with Crippen LogP contribution in [0.25, 0.3) is 11.0 Å². The van der Waals surface area contributed by atoms with Crippen LogP contribution in [-0.2, 0) is 0 Å². The van der Waals surface area contributed by atoms with Crippen LogP contribution in [0.2, 0.25) is 0 Å². The first-order valence-corrected chi connectivity index (χ1v) is 7.42. The summed E-state index contributed by atoms with van der Waals surface area (Å²) in [6.45, 7) is 0. The fourth-order valence-corrected chi connectivity index (χ4v) is 3.49. The monoisotopic (exact) mass is 334 g/mol. The summed E-state index contributed by atoms with van der Waals surface area (Å²) in [5.41, 5.74) is 6.42. The van der Waals surface area contributed by atoms with Gasteiger partial charge in [0.05, 0.1) is 29.0 Å². The third kappa shape index (κ3) is 2.40. The quantitative estimate of drug-likeness (QED) is 0.570. The number of nitrogens with zero attached hydrogens (tertiary/aromatic N) is 2. The molecule has 0 amide bonds. The molecule has 1 unspecified atom stereocenters. The molecule has 0 saturated heterocycles. The average Bonchev–Trinajstić information content (AvgIpc) is 2.86. The first-order valence-electron chi connectivity index (χ1n) is 5.69. The zero-order valence-electron chi connectivity index (χ0n) is 9.88. The zero-order valence-corrected chi connectivity index (χ0v) is 12.3. The summed E-state index contributed by atoms with van der Waals surface area (Å²) in [5.74, 6) is 5.67. The summed E-state index contributed by atoms with van der Waals surface area (Å²) >= 11 is 5.14. The maximum atomic E-state index is 5.67. The van der Waals surface area contributed by atoms with Gasteiger partial charge in [-0.1, -0.05) is 12.1 Å². The van der Waals surface area contributed by atoms with E-state index in [-0.39, 0.29) is 6.04 Å². The van der Waals surface area contributed by atoms with Crippen LogP contribution >= 0.6 is 27.3 Å². The van der Waals surface area contributed by atoms with Gasteiger partial charge in [0.15, 0.2) is 0 Å². The molecule has 19 heavy (non-hydrogen) atoms. The number of halogens is 1. The van der Waals surface area contributed by atoms with Gasteiger partial charge in [-0.15, -0.1) is 0 Å². The molecular weight excluding hydrogens is 324 g/mol. The van der Waals surface area contributed by atoms with Gasteiger partial charge >= 0.3 is 0 Å². The van der Waals surface area contributed by atoms with Crippen LogP contribution in [0.5, 0.6) is 0 Å². The molecule has 0 saturated carbocycles. The second-order valence-corrected chi connectivity index (χ2v) is 5.66. The summed E-state index contributed by atoms with van der Waals surface area (Å²) in [6, 6.07) is 7.62. The molecule has 2 aromatic heterocycles. The Morgan fingerprint density at radius 2 is 2.00 bits per heavy atom. The van der Waals surface area contributed by atoms with Gasteiger partial charge in [-0.3, -0.25) is 10.8 Å². The van der Waals surface area contributed by atoms with Gasteiger partial charge in [0, 0.05) is 15.4 Å². The summed E-state index contributed by atoms with van der Waals surface area (Å²) in [5, 5.41) is 4.07. The second kappa shape index (κ2) is 5.34. The molecule has 4 nitrogen and oxygen atoms in total. The number of nitrogens with one attached hydrogen (secondary N) is 1. The maximum absolute atomic E-state index is 5.67. The van der Waals surface area contributed by atoms with Crippen LogP contribution in [-0.4, -0.2) is 9.97 Å². The zero-order chi connectivity index (χ0) is 13.2. The van der Waals surface area contributed by atoms with Gasteiger partial charge in [0.1, 0.15) is 0 Å². The van der Waals surface area contributed by atoms with Crippen molar-refractivity contribution in [1.29, 1.82) is 0 Å². The van der Waals surface area contributed by atoms with Gasteiger partial charge in [0.25, 0.3) is 0 Å². The Hall–Kier alpha value is -1.34. The van der Waals surface area contributed by atoms with Crippen LogP contribution in [0, 0.1) is 0 Å². The fraction of sp³-hybridized carbons (Fsp3) is 0.0769. The summed E-state index contributed by atoms with van der Waals surface area (Å²) in [6.07, 6.45) is 1.76. The first-order chi connectivity index (χ1) is 9.29. The van der Waals surface area contributed by atoms with E-state index in [1.165, 1.54) is 0 Å². The topological polar surface area (TPSA) is 63.8 Å². The van der Waals surface area contributed by atoms with Crippen molar-refractivity contribution in [3.8, 4) is 0 Å². The highest BCUT2D eigenvalue weighted by molar-refractivity contribution is 9.10. The lowest BCUT2D eigenvalue weighted by molar-refractivity contribution is 0.620. The van der Waals surface area contributed by atoms with Gasteiger partial charge in [-0.05, 0) is 33.4 Å². The minimum absolute atomic E-state index is 0.169. The van der Waals surface area contributed by atoms with Crippen molar-refractivity contribution in [2.24, 2.45) is 5.84 Å². The van der Waals surface area contributed by atoms with E-state index in [4.69, 9.17) is 5.84 Å². The highest BCUT2D eigenvalue weighted by atomic mass is 79.9. The molecular formula is C13H11BrN4S. The molecule has 0 radical (unpaired) electrons. The standard InChI is InChI=1S/C13H11BrN4S/c14-9-7-19-6-8(9)13(18-15)12-5-16-10-3-1-2-4-11(10)17-12/h1-7,13,18H,15H2. The smallest absolute Gasteiger partial charge is 0.0916 e. The van der Waals surface area contributed by atoms with Crippen molar-refractivity contribution in [2.45, 2.75) is 6.04 Å². The lowest BCUT2D eigenvalue weighted by atomic mass is 10.1. The SMILES string of the molecule is NNC(c1cnc2ccccc2n1)c1cscc1Br. The van der Waals surface area contributed by atoms with E-state index >= 15 is 0 Å². The summed E-state index contributed by atoms with van der Waals surface area (Å²) in [4.78, 5) is 9.04. The first kappa shape index (κ1) is 12.7. The summed E-state index contributed by atoms with van der Waals surface area (Å²) in [7, 11) is 0. The van der Waals surface area contributed by atoms with E-state index < -0.39 is 0 Å². The molecule has 96 valence electrons. The van der Waals surface area contributed by atoms with Gasteiger partial charge in [0.2, 0.25) is 0 Å². The third-order valence-corrected chi connectivity index (χ3v) is 4.63. The van der Waals surface area contributed by atoms with E-state index in [1.54, 1.807) is 17.5 Å². The molecule has 0 aliphatic carbocycles. The Kier molecular flexibility index (Phi) is 3.56. The van der Waals surface area contributed by atoms with Crippen LogP contribution in [0.4, 0.5) is 0 Å². The molecule has 0 fully saturated rings. The fourth-order valence-electron chi connectivity index (χ4n) is 1.94. The van der Waals surface area contributed by atoms with E-state index in [2.05, 4.69) is 31.3 Å². The van der Waals surface area contributed by atoms with Crippen LogP contribution < -0.4 is 11.3 Å². The maximum Gasteiger partial charge on any atom is 0.0916 e. The van der Waals surface area contributed by atoms with Crippen molar-refractivity contribution in [2.75, 3.05) is 0 Å². The predicted octanol–water partition coefficient (Wildman–Crippen LogP) is 3.01. The minimum atomic E-state index is -0.169. The van der Waals surface area contributed by atoms with E-state index in [9.17, 15) is 0 Å². The molecule has 3 rings (SSSR count). The van der Waals surface area contributed by atoms with Crippen LogP contribution in [0.1, 0.15) is 17.3 Å². The normalized spacial score (nSPS) is 12.7. The number of fused-ring (bicyclic) bond motifs is 1. The average molecular weight is 335 g/mol. The van der Waals surface area contributed by atoms with Crippen molar-refractivity contribution >= 4 is 38.3 Å². The van der Waals surface area contributed by atoms with Crippen molar-refractivity contribution in [3.63, 3.8) is 0 Å². The number of nitrogens with two attached hydrogens (primary N) is 1. The van der Waals surface area contributed by atoms with Crippen molar-refractivity contribution in [1.82, 2.24) is 15.4 Å². The molecule has 6 heteroatoms. The Labute approximate surface area is 122 Å². The summed E-state index contributed by atoms with van der Waals surface area (Å²) < 4.78 is 1.02. The number of benzene rings is 1. The van der Waals surface area contributed by atoms with Crippen LogP contribution in [0.15, 0.2) is 45.7 Å². The molecule has 0 aliphatic rings. The molecule has 1 atom stereocenters. The Balaban J connectivity index is 2.09. The molecule has 3 aromatic rings. The number of aromatic nitrogens is 2. The van der Waals surface area contributed by atoms with Gasteiger partial charge < -0.3 is 0 Å². The van der Waals surface area contributed by atoms with E-state index in [0.717, 1.165) is 26.8 Å². The van der Waals surface area contributed by atoms with Crippen molar-refractivity contribution < 1.29 is 0 Å². The minimum Gasteiger partial charge on any atom is -0.271 e. The lowest BCUT2D eigenvalue weighted by Crippen LogP contribution is -2.29. The number of hydrogen-bond donors (Lipinski definition) is 2. The van der Waals surface area contributed by atoms with Crippen LogP contribution in [0.3, 0.4) is 0 Å². The molecule has 0 spiro atoms. The highest BCUT2D eigenvalue weighted by Crippen LogP contribution is 2.30. The molecule has 1 aromatic carbocycles. The second-order valence-electron chi connectivity index (χ2n) is 4.06. The number of rotatable bonds is 3.